The molecular formula is C10H19N3S. The molecule has 3 nitrogen and oxygen atoms in total. The average Bonchev–Trinajstić information content (AvgIpc) is 2.68. The molecular weight excluding hydrogens is 194 g/mol. The summed E-state index contributed by atoms with van der Waals surface area (Å²) in [5, 5.41) is 1.11. The van der Waals surface area contributed by atoms with Gasteiger partial charge < -0.3 is 10.6 Å². The van der Waals surface area contributed by atoms with Crippen LogP contribution in [0.1, 0.15) is 31.6 Å². The third-order valence-corrected chi connectivity index (χ3v) is 3.26. The van der Waals surface area contributed by atoms with E-state index in [1.54, 1.807) is 11.3 Å². The number of anilines is 1. The molecule has 0 aromatic carbocycles. The zero-order valence-electron chi connectivity index (χ0n) is 8.99. The summed E-state index contributed by atoms with van der Waals surface area (Å²) in [5.74, 6) is 0. The van der Waals surface area contributed by atoms with Crippen molar-refractivity contribution in [1.82, 2.24) is 4.98 Å². The first kappa shape index (κ1) is 11.5. The summed E-state index contributed by atoms with van der Waals surface area (Å²) < 4.78 is 0. The second kappa shape index (κ2) is 5.98. The molecule has 1 aromatic heterocycles. The smallest absolute Gasteiger partial charge is 0.185 e. The van der Waals surface area contributed by atoms with E-state index in [1.807, 2.05) is 6.20 Å². The van der Waals surface area contributed by atoms with Gasteiger partial charge in [-0.3, -0.25) is 0 Å². The number of hydrogen-bond acceptors (Lipinski definition) is 4. The van der Waals surface area contributed by atoms with E-state index < -0.39 is 0 Å². The highest BCUT2D eigenvalue weighted by Gasteiger charge is 2.07. The van der Waals surface area contributed by atoms with Crippen LogP contribution in [0.3, 0.4) is 0 Å². The summed E-state index contributed by atoms with van der Waals surface area (Å²) in [5.41, 5.74) is 5.56. The number of nitrogens with two attached hydrogens (primary N) is 1. The molecule has 0 aliphatic rings. The second-order valence-corrected chi connectivity index (χ2v) is 4.34. The van der Waals surface area contributed by atoms with Crippen molar-refractivity contribution in [2.75, 3.05) is 18.0 Å². The molecule has 14 heavy (non-hydrogen) atoms. The van der Waals surface area contributed by atoms with Gasteiger partial charge in [0.15, 0.2) is 5.13 Å². The predicted molar refractivity (Wildman–Crippen MR) is 62.8 cm³/mol. The van der Waals surface area contributed by atoms with Crippen molar-refractivity contribution in [2.45, 2.75) is 33.2 Å². The SMILES string of the molecule is CCCCN(CC)c1ncc(CN)s1. The van der Waals surface area contributed by atoms with E-state index in [-0.39, 0.29) is 0 Å². The van der Waals surface area contributed by atoms with Crippen LogP contribution in [0.2, 0.25) is 0 Å². The summed E-state index contributed by atoms with van der Waals surface area (Å²) in [7, 11) is 0. The Hall–Kier alpha value is -0.610. The fourth-order valence-corrected chi connectivity index (χ4v) is 2.15. The Morgan fingerprint density at radius 3 is 2.79 bits per heavy atom. The van der Waals surface area contributed by atoms with Crippen LogP contribution in [0.15, 0.2) is 6.20 Å². The third kappa shape index (κ3) is 2.96. The lowest BCUT2D eigenvalue weighted by atomic mass is 10.3. The summed E-state index contributed by atoms with van der Waals surface area (Å²) in [6.07, 6.45) is 4.34. The molecule has 80 valence electrons. The topological polar surface area (TPSA) is 42.2 Å². The van der Waals surface area contributed by atoms with Crippen molar-refractivity contribution in [1.29, 1.82) is 0 Å². The molecule has 0 aliphatic carbocycles. The van der Waals surface area contributed by atoms with Gasteiger partial charge in [0.2, 0.25) is 0 Å². The minimum atomic E-state index is 0.600. The van der Waals surface area contributed by atoms with Crippen LogP contribution in [-0.2, 0) is 6.54 Å². The molecule has 0 fully saturated rings. The average molecular weight is 213 g/mol. The largest absolute Gasteiger partial charge is 0.348 e. The van der Waals surface area contributed by atoms with Gasteiger partial charge in [-0.15, -0.1) is 11.3 Å². The predicted octanol–water partition coefficient (Wildman–Crippen LogP) is 2.23. The van der Waals surface area contributed by atoms with E-state index in [9.17, 15) is 0 Å². The maximum absolute atomic E-state index is 5.56. The first-order valence-electron chi connectivity index (χ1n) is 5.21. The summed E-state index contributed by atoms with van der Waals surface area (Å²) in [4.78, 5) is 7.85. The van der Waals surface area contributed by atoms with Crippen LogP contribution < -0.4 is 10.6 Å². The number of aromatic nitrogens is 1. The van der Waals surface area contributed by atoms with E-state index in [1.165, 1.54) is 12.8 Å². The lowest BCUT2D eigenvalue weighted by Crippen LogP contribution is -2.23. The molecule has 0 aliphatic heterocycles. The first-order valence-corrected chi connectivity index (χ1v) is 6.03. The molecule has 0 bridgehead atoms. The maximum Gasteiger partial charge on any atom is 0.185 e. The van der Waals surface area contributed by atoms with Crippen LogP contribution in [0.5, 0.6) is 0 Å². The minimum Gasteiger partial charge on any atom is -0.348 e. The van der Waals surface area contributed by atoms with Gasteiger partial charge in [-0.25, -0.2) is 4.98 Å². The number of rotatable bonds is 6. The molecule has 0 atom stereocenters. The highest BCUT2D eigenvalue weighted by molar-refractivity contribution is 7.15. The standard InChI is InChI=1S/C10H19N3S/c1-3-5-6-13(4-2)10-12-8-9(7-11)14-10/h8H,3-7,11H2,1-2H3. The molecule has 0 unspecified atom stereocenters. The van der Waals surface area contributed by atoms with Crippen molar-refractivity contribution in [3.8, 4) is 0 Å². The molecule has 0 saturated carbocycles. The minimum absolute atomic E-state index is 0.600. The highest BCUT2D eigenvalue weighted by atomic mass is 32.1. The van der Waals surface area contributed by atoms with Crippen LogP contribution >= 0.6 is 11.3 Å². The monoisotopic (exact) mass is 213 g/mol. The van der Waals surface area contributed by atoms with Gasteiger partial charge in [0.05, 0.1) is 0 Å². The Morgan fingerprint density at radius 2 is 2.29 bits per heavy atom. The van der Waals surface area contributed by atoms with Gasteiger partial charge in [0.1, 0.15) is 0 Å². The Kier molecular flexibility index (Phi) is 4.90. The zero-order valence-corrected chi connectivity index (χ0v) is 9.81. The molecule has 0 spiro atoms. The third-order valence-electron chi connectivity index (χ3n) is 2.18. The van der Waals surface area contributed by atoms with Gasteiger partial charge in [-0.05, 0) is 13.3 Å². The molecule has 0 radical (unpaired) electrons. The molecule has 1 aromatic rings. The number of unbranched alkanes of at least 4 members (excludes halogenated alkanes) is 1. The van der Waals surface area contributed by atoms with E-state index in [0.29, 0.717) is 6.54 Å². The summed E-state index contributed by atoms with van der Waals surface area (Å²) >= 11 is 1.71. The molecule has 4 heteroatoms. The van der Waals surface area contributed by atoms with Gasteiger partial charge in [0, 0.05) is 30.7 Å². The Bertz CT molecular complexity index is 260. The lowest BCUT2D eigenvalue weighted by molar-refractivity contribution is 0.730. The highest BCUT2D eigenvalue weighted by Crippen LogP contribution is 2.22. The van der Waals surface area contributed by atoms with Crippen molar-refractivity contribution in [3.63, 3.8) is 0 Å². The van der Waals surface area contributed by atoms with Gasteiger partial charge in [0.25, 0.3) is 0 Å². The van der Waals surface area contributed by atoms with Gasteiger partial charge >= 0.3 is 0 Å². The second-order valence-electron chi connectivity index (χ2n) is 3.25. The van der Waals surface area contributed by atoms with Crippen molar-refractivity contribution in [3.05, 3.63) is 11.1 Å². The van der Waals surface area contributed by atoms with E-state index in [4.69, 9.17) is 5.73 Å². The summed E-state index contributed by atoms with van der Waals surface area (Å²) in [6.45, 7) is 7.10. The van der Waals surface area contributed by atoms with E-state index >= 15 is 0 Å². The molecule has 0 saturated heterocycles. The van der Waals surface area contributed by atoms with Crippen molar-refractivity contribution < 1.29 is 0 Å². The maximum atomic E-state index is 5.56. The molecule has 0 amide bonds. The van der Waals surface area contributed by atoms with Crippen LogP contribution in [-0.4, -0.2) is 18.1 Å². The van der Waals surface area contributed by atoms with Crippen LogP contribution in [0, 0.1) is 0 Å². The fraction of sp³-hybridized carbons (Fsp3) is 0.700. The van der Waals surface area contributed by atoms with Crippen LogP contribution in [0.25, 0.3) is 0 Å². The molecule has 1 heterocycles. The zero-order chi connectivity index (χ0) is 10.4. The number of thiazole rings is 1. The van der Waals surface area contributed by atoms with Crippen molar-refractivity contribution >= 4 is 16.5 Å². The Morgan fingerprint density at radius 1 is 1.50 bits per heavy atom. The normalized spacial score (nSPS) is 10.5. The lowest BCUT2D eigenvalue weighted by Gasteiger charge is -2.18. The Labute approximate surface area is 89.9 Å². The molecule has 1 rings (SSSR count). The van der Waals surface area contributed by atoms with E-state index in [0.717, 1.165) is 23.1 Å². The van der Waals surface area contributed by atoms with Gasteiger partial charge in [-0.1, -0.05) is 13.3 Å². The number of nitrogens with zero attached hydrogens (tertiary/aromatic N) is 2. The quantitative estimate of drug-likeness (QED) is 0.788. The number of hydrogen-bond donors (Lipinski definition) is 1. The van der Waals surface area contributed by atoms with Crippen molar-refractivity contribution in [2.24, 2.45) is 5.73 Å². The van der Waals surface area contributed by atoms with Crippen LogP contribution in [0.4, 0.5) is 5.13 Å². The Balaban J connectivity index is 2.58. The van der Waals surface area contributed by atoms with E-state index in [2.05, 4.69) is 23.7 Å². The fourth-order valence-electron chi connectivity index (χ4n) is 1.28. The molecule has 2 N–H and O–H groups in total. The first-order chi connectivity index (χ1) is 6.81. The van der Waals surface area contributed by atoms with Gasteiger partial charge in [-0.2, -0.15) is 0 Å². The summed E-state index contributed by atoms with van der Waals surface area (Å²) in [6, 6.07) is 0.